The summed E-state index contributed by atoms with van der Waals surface area (Å²) in [5.74, 6) is -0.665. The van der Waals surface area contributed by atoms with E-state index in [1.54, 1.807) is 7.11 Å². The van der Waals surface area contributed by atoms with Crippen LogP contribution in [0.15, 0.2) is 9.67 Å². The zero-order chi connectivity index (χ0) is 22.2. The van der Waals surface area contributed by atoms with Gasteiger partial charge in [-0.25, -0.2) is 0 Å². The van der Waals surface area contributed by atoms with E-state index in [0.717, 1.165) is 5.57 Å². The van der Waals surface area contributed by atoms with Crippen molar-refractivity contribution in [1.29, 1.82) is 0 Å². The third-order valence-electron chi connectivity index (χ3n) is 6.62. The van der Waals surface area contributed by atoms with Crippen molar-refractivity contribution in [2.45, 2.75) is 123 Å². The second-order valence-electron chi connectivity index (χ2n) is 9.70. The summed E-state index contributed by atoms with van der Waals surface area (Å²) in [4.78, 5) is 0. The number of hydrogen-bond acceptors (Lipinski definition) is 5. The zero-order valence-corrected chi connectivity index (χ0v) is 23.1. The molecule has 30 heavy (non-hydrogen) atoms. The van der Waals surface area contributed by atoms with Crippen molar-refractivity contribution in [2.24, 2.45) is 0 Å². The van der Waals surface area contributed by atoms with E-state index in [9.17, 15) is 5.11 Å². The van der Waals surface area contributed by atoms with Gasteiger partial charge in [-0.15, -0.1) is 0 Å². The molecule has 1 heterocycles. The molecule has 1 saturated heterocycles. The van der Waals surface area contributed by atoms with Gasteiger partial charge in [0.05, 0.1) is 0 Å². The van der Waals surface area contributed by atoms with Gasteiger partial charge in [0.25, 0.3) is 0 Å². The van der Waals surface area contributed by atoms with E-state index in [1.807, 2.05) is 13.8 Å². The van der Waals surface area contributed by atoms with E-state index in [1.165, 1.54) is 51.8 Å². The van der Waals surface area contributed by atoms with Gasteiger partial charge in [-0.2, -0.15) is 0 Å². The van der Waals surface area contributed by atoms with E-state index < -0.39 is 30.3 Å². The molecule has 2 rings (SSSR count). The Hall–Kier alpha value is 0.339. The molecule has 1 N–H and O–H groups in total. The van der Waals surface area contributed by atoms with Crippen LogP contribution in [0.25, 0.3) is 0 Å². The first kappa shape index (κ1) is 26.6. The van der Waals surface area contributed by atoms with Crippen LogP contribution in [0.4, 0.5) is 0 Å². The average molecular weight is 533 g/mol. The molecule has 0 bridgehead atoms. The molecule has 0 aromatic rings. The number of hydrogen-bond donors (Lipinski definition) is 1. The predicted octanol–water partition coefficient (Wildman–Crippen LogP) is 5.57. The van der Waals surface area contributed by atoms with Crippen LogP contribution < -0.4 is 0 Å². The molecule has 0 amide bonds. The second-order valence-corrected chi connectivity index (χ2v) is 22.6. The van der Waals surface area contributed by atoms with E-state index >= 15 is 0 Å². The van der Waals surface area contributed by atoms with E-state index in [-0.39, 0.29) is 25.1 Å². The Bertz CT molecular complexity index is 514. The van der Waals surface area contributed by atoms with Crippen molar-refractivity contribution in [3.8, 4) is 0 Å². The predicted molar refractivity (Wildman–Crippen MR) is 124 cm³/mol. The second kappa shape index (κ2) is 12.5. The molecule has 0 spiro atoms. The van der Waals surface area contributed by atoms with Crippen LogP contribution in [0.1, 0.15) is 79.6 Å². The van der Waals surface area contributed by atoms with Gasteiger partial charge < -0.3 is 0 Å². The summed E-state index contributed by atoms with van der Waals surface area (Å²) in [5, 5.41) is 11.2. The van der Waals surface area contributed by atoms with Gasteiger partial charge in [-0.05, 0) is 0 Å². The molecule has 0 radical (unpaired) electrons. The zero-order valence-electron chi connectivity index (χ0n) is 20.2. The van der Waals surface area contributed by atoms with Crippen molar-refractivity contribution >= 4 is 18.4 Å². The summed E-state index contributed by atoms with van der Waals surface area (Å²) in [6.45, 7) is 11.0. The van der Waals surface area contributed by atoms with Crippen molar-refractivity contribution in [3.63, 3.8) is 0 Å². The van der Waals surface area contributed by atoms with Gasteiger partial charge in [0, 0.05) is 0 Å². The molecular weight excluding hydrogens is 487 g/mol. The molecule has 0 unspecified atom stereocenters. The maximum atomic E-state index is 11.2. The summed E-state index contributed by atoms with van der Waals surface area (Å²) in [7, 11) is 1.62. The fourth-order valence-corrected chi connectivity index (χ4v) is 20.5. The molecule has 1 aliphatic carbocycles. The van der Waals surface area contributed by atoms with Gasteiger partial charge in [-0.3, -0.25) is 0 Å². The molecule has 2 fully saturated rings. The van der Waals surface area contributed by atoms with Crippen LogP contribution in [0.3, 0.4) is 0 Å². The Morgan fingerprint density at radius 1 is 1.03 bits per heavy atom. The molecule has 1 aliphatic heterocycles. The Balaban J connectivity index is 2.38. The fraction of sp³-hybridized carbons (Fsp3) is 0.917. The molecule has 5 nitrogen and oxygen atoms in total. The van der Waals surface area contributed by atoms with Gasteiger partial charge >= 0.3 is 189 Å². The minimum atomic E-state index is -2.58. The number of unbranched alkanes of at least 4 members (excludes halogenated alkanes) is 3. The number of aliphatic hydroxyl groups excluding tert-OH is 1. The van der Waals surface area contributed by atoms with Gasteiger partial charge in [0.1, 0.15) is 0 Å². The summed E-state index contributed by atoms with van der Waals surface area (Å²) in [5.41, 5.74) is 1.10. The van der Waals surface area contributed by atoms with E-state index in [2.05, 4.69) is 24.9 Å². The molecule has 1 saturated carbocycles. The molecular formula is C24H46O5Sn. The molecule has 176 valence electrons. The summed E-state index contributed by atoms with van der Waals surface area (Å²) >= 11 is -2.58. The molecule has 0 aromatic carbocycles. The van der Waals surface area contributed by atoms with Crippen LogP contribution in [0.5, 0.6) is 0 Å². The number of fused-ring (bicyclic) bond motifs is 1. The van der Waals surface area contributed by atoms with Crippen molar-refractivity contribution in [2.75, 3.05) is 13.9 Å². The summed E-state index contributed by atoms with van der Waals surface area (Å²) in [6, 6.07) is 0. The molecule has 0 aromatic heterocycles. The Labute approximate surface area is 188 Å². The first-order valence-corrected chi connectivity index (χ1v) is 19.9. The topological polar surface area (TPSA) is 57.2 Å². The number of methoxy groups -OCH3 is 1. The van der Waals surface area contributed by atoms with Crippen molar-refractivity contribution < 1.29 is 24.1 Å². The number of ether oxygens (including phenoxy) is 4. The molecule has 4 atom stereocenters. The first-order chi connectivity index (χ1) is 14.3. The minimum absolute atomic E-state index is 0.183. The maximum absolute atomic E-state index is 11.2. The van der Waals surface area contributed by atoms with Gasteiger partial charge in [-0.1, -0.05) is 0 Å². The van der Waals surface area contributed by atoms with Crippen molar-refractivity contribution in [3.05, 3.63) is 9.67 Å². The first-order valence-electron chi connectivity index (χ1n) is 12.2. The Morgan fingerprint density at radius 3 is 2.10 bits per heavy atom. The average Bonchev–Trinajstić information content (AvgIpc) is 3.05. The Kier molecular flexibility index (Phi) is 11.1. The van der Waals surface area contributed by atoms with Crippen LogP contribution in [-0.4, -0.2) is 67.6 Å². The third kappa shape index (κ3) is 7.17. The monoisotopic (exact) mass is 534 g/mol. The van der Waals surface area contributed by atoms with Crippen LogP contribution >= 0.6 is 0 Å². The van der Waals surface area contributed by atoms with E-state index in [4.69, 9.17) is 18.9 Å². The van der Waals surface area contributed by atoms with Crippen LogP contribution in [0, 0.1) is 0 Å². The number of rotatable bonds is 13. The normalized spacial score (nSPS) is 30.0. The summed E-state index contributed by atoms with van der Waals surface area (Å²) < 4.78 is 30.4. The summed E-state index contributed by atoms with van der Waals surface area (Å²) in [6.07, 6.45) is 7.06. The van der Waals surface area contributed by atoms with Crippen molar-refractivity contribution in [1.82, 2.24) is 0 Å². The Morgan fingerprint density at radius 2 is 1.60 bits per heavy atom. The standard InChI is InChI=1S/C12H19O5.3C4H9.Sn/c1-7-8(13)5-9(15-6-14-4)11-10(7)16-12(2,3)17-11;3*1-3-4-2;/h1,8-11,13H,5-6H2,2-4H3;3*1,3-4H2,2H3;/t8-,9-,10+,11-;;;;/m0..../s1. The molecule has 6 heteroatoms. The molecule has 2 aliphatic rings. The van der Waals surface area contributed by atoms with Crippen LogP contribution in [0.2, 0.25) is 13.3 Å². The van der Waals surface area contributed by atoms with Gasteiger partial charge in [0.15, 0.2) is 0 Å². The van der Waals surface area contributed by atoms with E-state index in [0.29, 0.717) is 6.42 Å². The van der Waals surface area contributed by atoms with Crippen LogP contribution in [-0.2, 0) is 18.9 Å². The van der Waals surface area contributed by atoms with Gasteiger partial charge in [0.2, 0.25) is 0 Å². The SMILES string of the molecule is CCC[CH2][Sn](/[CH]=C1\[C@H]2OC(C)(C)O[C@H]2[C@@H](OCOC)C[C@@H]1O)([CH2]CCC)[CH2]CCC. The quantitative estimate of drug-likeness (QED) is 0.248. The third-order valence-corrected chi connectivity index (χ3v) is 20.9. The number of aliphatic hydroxyl groups is 1. The fourth-order valence-electron chi connectivity index (χ4n) is 5.03.